The van der Waals surface area contributed by atoms with Crippen molar-refractivity contribution in [3.05, 3.63) is 76.9 Å². The molecule has 1 amide bonds. The zero-order valence-corrected chi connectivity index (χ0v) is 19.5. The minimum Gasteiger partial charge on any atom is -0.338 e. The minimum atomic E-state index is -0.146. The first-order valence-corrected chi connectivity index (χ1v) is 11.7. The maximum absolute atomic E-state index is 13.4. The summed E-state index contributed by atoms with van der Waals surface area (Å²) in [6.07, 6.45) is 5.47. The second kappa shape index (κ2) is 8.81. The fourth-order valence-corrected chi connectivity index (χ4v) is 4.79. The lowest BCUT2D eigenvalue weighted by atomic mass is 9.99. The molecule has 0 bridgehead atoms. The third kappa shape index (κ3) is 4.15. The Hall–Kier alpha value is -3.48. The van der Waals surface area contributed by atoms with Crippen LogP contribution < -0.4 is 4.90 Å². The number of rotatable bonds is 4. The van der Waals surface area contributed by atoms with Crippen molar-refractivity contribution in [2.75, 3.05) is 18.0 Å². The summed E-state index contributed by atoms with van der Waals surface area (Å²) in [5.74, 6) is 0.709. The number of fused-ring (bicyclic) bond motifs is 1. The van der Waals surface area contributed by atoms with Crippen LogP contribution in [0.1, 0.15) is 54.5 Å². The lowest BCUT2D eigenvalue weighted by molar-refractivity contribution is -0.132. The highest BCUT2D eigenvalue weighted by Crippen LogP contribution is 2.36. The zero-order chi connectivity index (χ0) is 22.9. The molecule has 0 spiro atoms. The smallest absolute Gasteiger partial charge is 0.251 e. The van der Waals surface area contributed by atoms with E-state index in [1.54, 1.807) is 0 Å². The summed E-state index contributed by atoms with van der Waals surface area (Å²) < 4.78 is 1.81. The second-order valence-corrected chi connectivity index (χ2v) is 9.21. The van der Waals surface area contributed by atoms with Crippen LogP contribution in [0.2, 0.25) is 0 Å². The fraction of sp³-hybridized carbons (Fsp3) is 0.385. The Balaban J connectivity index is 1.56. The predicted octanol–water partition coefficient (Wildman–Crippen LogP) is 4.14. The topological polar surface area (TPSA) is 67.2 Å². The molecule has 2 aliphatic rings. The van der Waals surface area contributed by atoms with Gasteiger partial charge in [0.2, 0.25) is 5.91 Å². The molecule has 2 aromatic carbocycles. The van der Waals surface area contributed by atoms with Gasteiger partial charge in [-0.3, -0.25) is 9.69 Å². The molecule has 0 N–H and O–H groups in total. The highest BCUT2D eigenvalue weighted by atomic mass is 16.2. The van der Waals surface area contributed by atoms with Crippen LogP contribution in [0.25, 0.3) is 5.70 Å². The molecular formula is C26H30N6O. The van der Waals surface area contributed by atoms with E-state index < -0.39 is 0 Å². The number of hydrogen-bond donors (Lipinski definition) is 0. The van der Waals surface area contributed by atoms with Gasteiger partial charge < -0.3 is 4.90 Å². The molecule has 3 aromatic rings. The van der Waals surface area contributed by atoms with Crippen LogP contribution in [0.5, 0.6) is 0 Å². The summed E-state index contributed by atoms with van der Waals surface area (Å²) in [4.78, 5) is 17.4. The van der Waals surface area contributed by atoms with Crippen LogP contribution in [0.4, 0.5) is 5.95 Å². The van der Waals surface area contributed by atoms with Gasteiger partial charge in [0.15, 0.2) is 0 Å². The van der Waals surface area contributed by atoms with E-state index in [4.69, 9.17) is 0 Å². The summed E-state index contributed by atoms with van der Waals surface area (Å²) in [6, 6.07) is 17.0. The number of nitrogens with zero attached hydrogens (tertiary/aromatic N) is 6. The number of carbonyl (C=O) groups excluding carboxylic acids is 1. The van der Waals surface area contributed by atoms with E-state index in [1.807, 2.05) is 14.5 Å². The van der Waals surface area contributed by atoms with E-state index >= 15 is 0 Å². The van der Waals surface area contributed by atoms with Gasteiger partial charge in [0, 0.05) is 12.6 Å². The van der Waals surface area contributed by atoms with Gasteiger partial charge in [0.05, 0.1) is 5.70 Å². The fourth-order valence-electron chi connectivity index (χ4n) is 4.79. The molecule has 7 heteroatoms. The van der Waals surface area contributed by atoms with E-state index in [2.05, 4.69) is 90.9 Å². The average molecular weight is 443 g/mol. The van der Waals surface area contributed by atoms with Crippen molar-refractivity contribution in [1.82, 2.24) is 25.1 Å². The number of amides is 1. The van der Waals surface area contributed by atoms with E-state index in [9.17, 15) is 4.79 Å². The molecule has 33 heavy (non-hydrogen) atoms. The minimum absolute atomic E-state index is 0.114. The molecule has 0 radical (unpaired) electrons. The summed E-state index contributed by atoms with van der Waals surface area (Å²) in [7, 11) is 0. The maximum Gasteiger partial charge on any atom is 0.251 e. The van der Waals surface area contributed by atoms with Gasteiger partial charge in [-0.2, -0.15) is 4.68 Å². The van der Waals surface area contributed by atoms with E-state index in [1.165, 1.54) is 17.5 Å². The Morgan fingerprint density at radius 1 is 1.00 bits per heavy atom. The Morgan fingerprint density at radius 3 is 2.39 bits per heavy atom. The molecule has 7 nitrogen and oxygen atoms in total. The van der Waals surface area contributed by atoms with Crippen LogP contribution in [0, 0.1) is 13.8 Å². The molecule has 2 aliphatic heterocycles. The molecule has 0 saturated carbocycles. The van der Waals surface area contributed by atoms with Crippen molar-refractivity contribution in [2.24, 2.45) is 0 Å². The third-order valence-corrected chi connectivity index (χ3v) is 6.77. The van der Waals surface area contributed by atoms with Crippen molar-refractivity contribution in [1.29, 1.82) is 0 Å². The molecule has 3 heterocycles. The Morgan fingerprint density at radius 2 is 1.70 bits per heavy atom. The molecule has 1 saturated heterocycles. The van der Waals surface area contributed by atoms with E-state index in [0.717, 1.165) is 36.2 Å². The number of tetrazole rings is 1. The number of likely N-dealkylation sites (tertiary alicyclic amines) is 1. The van der Waals surface area contributed by atoms with Crippen LogP contribution in [0.3, 0.4) is 0 Å². The maximum atomic E-state index is 13.4. The van der Waals surface area contributed by atoms with Crippen molar-refractivity contribution in [2.45, 2.75) is 52.1 Å². The molecule has 170 valence electrons. The molecule has 1 aromatic heterocycles. The summed E-state index contributed by atoms with van der Waals surface area (Å²) in [6.45, 7) is 7.32. The molecule has 0 unspecified atom stereocenters. The van der Waals surface area contributed by atoms with Crippen LogP contribution in [0.15, 0.2) is 54.6 Å². The number of aromatic nitrogens is 4. The standard InChI is InChI=1S/C26H30N6O/c1-18-7-11-21(12-8-18)23-16-24(22-13-9-19(2)10-14-22)32-26(27-28-29-32)31(23)17-25(33)30-15-5-4-6-20(30)3/h7-14,16,20,24H,4-6,15,17H2,1-3H3/t20-,24+/m0/s1. The molecular weight excluding hydrogens is 412 g/mol. The highest BCUT2D eigenvalue weighted by Gasteiger charge is 2.34. The number of piperidine rings is 1. The van der Waals surface area contributed by atoms with Crippen LogP contribution in [-0.2, 0) is 4.79 Å². The Labute approximate surface area is 194 Å². The lowest BCUT2D eigenvalue weighted by Gasteiger charge is -2.37. The number of anilines is 1. The molecule has 0 aliphatic carbocycles. The van der Waals surface area contributed by atoms with Crippen molar-refractivity contribution in [3.8, 4) is 0 Å². The van der Waals surface area contributed by atoms with Crippen LogP contribution >= 0.6 is 0 Å². The number of aryl methyl sites for hydroxylation is 2. The second-order valence-electron chi connectivity index (χ2n) is 9.21. The average Bonchev–Trinajstić information content (AvgIpc) is 3.31. The zero-order valence-electron chi connectivity index (χ0n) is 19.5. The first-order chi connectivity index (χ1) is 16.0. The van der Waals surface area contributed by atoms with Crippen molar-refractivity contribution < 1.29 is 4.79 Å². The predicted molar refractivity (Wildman–Crippen MR) is 129 cm³/mol. The third-order valence-electron chi connectivity index (χ3n) is 6.77. The quantitative estimate of drug-likeness (QED) is 0.607. The van der Waals surface area contributed by atoms with Gasteiger partial charge in [0.1, 0.15) is 12.6 Å². The monoisotopic (exact) mass is 442 g/mol. The van der Waals surface area contributed by atoms with Crippen molar-refractivity contribution >= 4 is 17.6 Å². The van der Waals surface area contributed by atoms with Gasteiger partial charge >= 0.3 is 0 Å². The number of hydrogen-bond acceptors (Lipinski definition) is 5. The summed E-state index contributed by atoms with van der Waals surface area (Å²) >= 11 is 0. The van der Waals surface area contributed by atoms with Gasteiger partial charge in [-0.25, -0.2) is 0 Å². The number of carbonyl (C=O) groups is 1. The van der Waals surface area contributed by atoms with Gasteiger partial charge in [-0.15, -0.1) is 0 Å². The van der Waals surface area contributed by atoms with E-state index in [0.29, 0.717) is 5.95 Å². The summed E-state index contributed by atoms with van der Waals surface area (Å²) in [5.41, 5.74) is 5.51. The van der Waals surface area contributed by atoms with Crippen LogP contribution in [-0.4, -0.2) is 50.1 Å². The first kappa shape index (κ1) is 21.4. The first-order valence-electron chi connectivity index (χ1n) is 11.7. The number of benzene rings is 2. The lowest BCUT2D eigenvalue weighted by Crippen LogP contribution is -2.47. The molecule has 1 fully saturated rings. The summed E-state index contributed by atoms with van der Waals surface area (Å²) in [5, 5.41) is 12.7. The molecule has 2 atom stereocenters. The van der Waals surface area contributed by atoms with Gasteiger partial charge in [-0.1, -0.05) is 64.8 Å². The van der Waals surface area contributed by atoms with Gasteiger partial charge in [-0.05, 0) is 67.7 Å². The molecule has 5 rings (SSSR count). The Kier molecular flexibility index (Phi) is 5.70. The number of allylic oxidation sites excluding steroid dienone is 1. The van der Waals surface area contributed by atoms with Crippen molar-refractivity contribution in [3.63, 3.8) is 0 Å². The highest BCUT2D eigenvalue weighted by molar-refractivity contribution is 5.89. The Bertz CT molecular complexity index is 1160. The van der Waals surface area contributed by atoms with E-state index in [-0.39, 0.29) is 24.5 Å². The normalized spacial score (nSPS) is 20.4. The van der Waals surface area contributed by atoms with Gasteiger partial charge in [0.25, 0.3) is 5.95 Å². The largest absolute Gasteiger partial charge is 0.338 e. The SMILES string of the molecule is Cc1ccc(C2=C[C@H](c3ccc(C)cc3)n3nnnc3N2CC(=O)N2CCCC[C@@H]2C)cc1.